The van der Waals surface area contributed by atoms with Gasteiger partial charge in [0, 0.05) is 5.56 Å². The quantitative estimate of drug-likeness (QED) is 0.585. The molecule has 2 aromatic carbocycles. The Kier molecular flexibility index (Phi) is 5.27. The van der Waals surface area contributed by atoms with Crippen LogP contribution in [-0.4, -0.2) is 18.1 Å². The number of nitrogens with one attached hydrogen (secondary N) is 1. The first-order valence-electron chi connectivity index (χ1n) is 8.28. The molecule has 1 atom stereocenters. The van der Waals surface area contributed by atoms with Crippen molar-refractivity contribution in [2.24, 2.45) is 0 Å². The van der Waals surface area contributed by atoms with Gasteiger partial charge in [-0.2, -0.15) is 10.5 Å². The van der Waals surface area contributed by atoms with E-state index in [0.717, 1.165) is 0 Å². The van der Waals surface area contributed by atoms with Crippen LogP contribution in [-0.2, 0) is 0 Å². The first kappa shape index (κ1) is 23.0. The second kappa shape index (κ2) is 6.89. The third-order valence-corrected chi connectivity index (χ3v) is 5.18. The van der Waals surface area contributed by atoms with Gasteiger partial charge < -0.3 is 10.1 Å². The van der Waals surface area contributed by atoms with E-state index in [9.17, 15) is 29.5 Å². The fourth-order valence-corrected chi connectivity index (χ4v) is 3.04. The standard InChI is InChI=1S/C19H16F5N3O2S/c1-13-9-14(10-25)3-8-17(13)29-12-19(2,11-26)27-18(28)15-4-6-16(7-5-15)30(20,21,22,23)24/h3-9H,12H2,1-2H3,(H,27,28). The zero-order valence-electron chi connectivity index (χ0n) is 15.8. The molecule has 0 spiro atoms. The van der Waals surface area contributed by atoms with Crippen molar-refractivity contribution in [3.63, 3.8) is 0 Å². The average Bonchev–Trinajstić information content (AvgIpc) is 2.65. The maximum Gasteiger partial charge on any atom is 0.310 e. The molecule has 2 rings (SSSR count). The van der Waals surface area contributed by atoms with Crippen molar-refractivity contribution >= 4 is 16.1 Å². The van der Waals surface area contributed by atoms with Crippen molar-refractivity contribution in [1.82, 2.24) is 5.32 Å². The van der Waals surface area contributed by atoms with Gasteiger partial charge in [0.05, 0.1) is 17.7 Å². The Balaban J connectivity index is 2.14. The van der Waals surface area contributed by atoms with Crippen molar-refractivity contribution < 1.29 is 29.0 Å². The van der Waals surface area contributed by atoms with Gasteiger partial charge in [0.25, 0.3) is 5.91 Å². The van der Waals surface area contributed by atoms with Crippen LogP contribution in [0.25, 0.3) is 0 Å². The predicted molar refractivity (Wildman–Crippen MR) is 101 cm³/mol. The van der Waals surface area contributed by atoms with Gasteiger partial charge in [-0.1, -0.05) is 19.4 Å². The smallest absolute Gasteiger partial charge is 0.310 e. The van der Waals surface area contributed by atoms with E-state index in [0.29, 0.717) is 29.0 Å². The van der Waals surface area contributed by atoms with Crippen LogP contribution in [0.3, 0.4) is 0 Å². The Morgan fingerprint density at radius 3 is 2.17 bits per heavy atom. The minimum atomic E-state index is -9.84. The molecule has 2 aromatic rings. The summed E-state index contributed by atoms with van der Waals surface area (Å²) in [5.41, 5.74) is -0.883. The maximum absolute atomic E-state index is 12.8. The van der Waals surface area contributed by atoms with Crippen LogP contribution in [0, 0.1) is 29.6 Å². The normalized spacial score (nSPS) is 15.5. The number of amides is 1. The zero-order valence-corrected chi connectivity index (χ0v) is 16.6. The van der Waals surface area contributed by atoms with Crippen LogP contribution in [0.2, 0.25) is 0 Å². The largest absolute Gasteiger partial charge is 0.490 e. The van der Waals surface area contributed by atoms with E-state index in [1.807, 2.05) is 12.1 Å². The Labute approximate surface area is 169 Å². The number of halogens is 5. The Morgan fingerprint density at radius 2 is 1.70 bits per heavy atom. The molecule has 0 aliphatic rings. The SMILES string of the molecule is Cc1cc(C#N)ccc1OCC(C)(C#N)NC(=O)c1ccc(S(F)(F)(F)(F)F)cc1. The van der Waals surface area contributed by atoms with Crippen molar-refractivity contribution in [2.45, 2.75) is 24.3 Å². The third kappa shape index (κ3) is 5.61. The molecule has 1 unspecified atom stereocenters. The van der Waals surface area contributed by atoms with E-state index in [2.05, 4.69) is 5.32 Å². The van der Waals surface area contributed by atoms with Crippen LogP contribution in [0.5, 0.6) is 5.75 Å². The molecule has 0 bridgehead atoms. The van der Waals surface area contributed by atoms with E-state index in [4.69, 9.17) is 10.00 Å². The molecule has 11 heteroatoms. The molecular formula is C19H16F5N3O2S. The van der Waals surface area contributed by atoms with Crippen molar-refractivity contribution in [3.05, 3.63) is 59.2 Å². The lowest BCUT2D eigenvalue weighted by molar-refractivity contribution is 0.0900. The molecule has 1 N–H and O–H groups in total. The number of carbonyl (C=O) groups excluding carboxylic acids is 1. The van der Waals surface area contributed by atoms with Gasteiger partial charge in [0.1, 0.15) is 17.3 Å². The summed E-state index contributed by atoms with van der Waals surface area (Å²) >= 11 is 0. The number of hydrogen-bond acceptors (Lipinski definition) is 4. The van der Waals surface area contributed by atoms with Crippen molar-refractivity contribution in [1.29, 1.82) is 10.5 Å². The second-order valence-electron chi connectivity index (χ2n) is 6.77. The summed E-state index contributed by atoms with van der Waals surface area (Å²) in [6.45, 7) is 2.69. The van der Waals surface area contributed by atoms with Gasteiger partial charge in [0.15, 0.2) is 5.54 Å². The molecule has 160 valence electrons. The lowest BCUT2D eigenvalue weighted by Gasteiger charge is -2.40. The Hall–Kier alpha value is -3.31. The van der Waals surface area contributed by atoms with Gasteiger partial charge in [-0.25, -0.2) is 0 Å². The maximum atomic E-state index is 12.8. The highest BCUT2D eigenvalue weighted by Gasteiger charge is 2.65. The highest BCUT2D eigenvalue weighted by atomic mass is 32.5. The molecule has 0 heterocycles. The molecule has 0 aliphatic heterocycles. The minimum Gasteiger partial charge on any atom is -0.490 e. The molecular weight excluding hydrogens is 429 g/mol. The van der Waals surface area contributed by atoms with E-state index in [1.165, 1.54) is 19.1 Å². The van der Waals surface area contributed by atoms with E-state index >= 15 is 0 Å². The Bertz CT molecular complexity index is 1070. The fraction of sp³-hybridized carbons (Fsp3) is 0.211. The van der Waals surface area contributed by atoms with Crippen LogP contribution >= 0.6 is 10.2 Å². The number of nitrogens with zero attached hydrogens (tertiary/aromatic N) is 2. The summed E-state index contributed by atoms with van der Waals surface area (Å²) < 4.78 is 69.4. The minimum absolute atomic E-state index is 0.122. The predicted octanol–water partition coefficient (Wildman–Crippen LogP) is 5.62. The summed E-state index contributed by atoms with van der Waals surface area (Å²) in [6, 6.07) is 9.84. The zero-order chi connectivity index (χ0) is 22.9. The van der Waals surface area contributed by atoms with Crippen LogP contribution in [0.4, 0.5) is 19.4 Å². The third-order valence-electron chi connectivity index (χ3n) is 4.02. The van der Waals surface area contributed by atoms with E-state index in [-0.39, 0.29) is 24.3 Å². The molecule has 0 radical (unpaired) electrons. The van der Waals surface area contributed by atoms with Gasteiger partial charge in [-0.3, -0.25) is 4.79 Å². The number of rotatable bonds is 6. The molecule has 1 amide bonds. The monoisotopic (exact) mass is 445 g/mol. The summed E-state index contributed by atoms with van der Waals surface area (Å²) in [5.74, 6) is -0.571. The first-order valence-corrected chi connectivity index (χ1v) is 10.2. The number of hydrogen-bond donors (Lipinski definition) is 1. The van der Waals surface area contributed by atoms with E-state index in [1.54, 1.807) is 13.0 Å². The topological polar surface area (TPSA) is 85.9 Å². The van der Waals surface area contributed by atoms with Gasteiger partial charge in [0.2, 0.25) is 0 Å². The molecule has 0 saturated heterocycles. The summed E-state index contributed by atoms with van der Waals surface area (Å²) in [4.78, 5) is 10.2. The van der Waals surface area contributed by atoms with Gasteiger partial charge in [-0.15, -0.1) is 0 Å². The highest BCUT2D eigenvalue weighted by Crippen LogP contribution is 3.02. The number of benzene rings is 2. The molecule has 0 saturated carbocycles. The number of nitriles is 2. The van der Waals surface area contributed by atoms with Gasteiger partial charge >= 0.3 is 10.2 Å². The van der Waals surface area contributed by atoms with Crippen molar-refractivity contribution in [2.75, 3.05) is 6.61 Å². The van der Waals surface area contributed by atoms with Crippen LogP contribution in [0.1, 0.15) is 28.4 Å². The van der Waals surface area contributed by atoms with E-state index < -0.39 is 26.6 Å². The van der Waals surface area contributed by atoms with Crippen LogP contribution in [0.15, 0.2) is 47.4 Å². The Morgan fingerprint density at radius 1 is 1.10 bits per heavy atom. The average molecular weight is 445 g/mol. The number of aryl methyl sites for hydroxylation is 1. The lowest BCUT2D eigenvalue weighted by atomic mass is 10.0. The number of carbonyl (C=O) groups is 1. The van der Waals surface area contributed by atoms with Crippen molar-refractivity contribution in [3.8, 4) is 17.9 Å². The van der Waals surface area contributed by atoms with Crippen LogP contribution < -0.4 is 10.1 Å². The molecule has 5 nitrogen and oxygen atoms in total. The fourth-order valence-electron chi connectivity index (χ4n) is 2.39. The summed E-state index contributed by atoms with van der Waals surface area (Å²) in [5, 5.41) is 20.6. The molecule has 0 aromatic heterocycles. The lowest BCUT2D eigenvalue weighted by Crippen LogP contribution is -2.49. The first-order chi connectivity index (χ1) is 13.6. The summed E-state index contributed by atoms with van der Waals surface area (Å²) in [6.07, 6.45) is 0. The number of ether oxygens (including phenoxy) is 1. The highest BCUT2D eigenvalue weighted by molar-refractivity contribution is 8.45. The second-order valence-corrected chi connectivity index (χ2v) is 9.18. The molecule has 0 fully saturated rings. The van der Waals surface area contributed by atoms with Gasteiger partial charge in [-0.05, 0) is 61.9 Å². The molecule has 0 aliphatic carbocycles. The summed E-state index contributed by atoms with van der Waals surface area (Å²) in [7, 11) is -9.84. The molecule has 30 heavy (non-hydrogen) atoms.